The Morgan fingerprint density at radius 2 is 1.92 bits per heavy atom. The van der Waals surface area contributed by atoms with Crippen LogP contribution in [0.4, 0.5) is 18.9 Å². The van der Waals surface area contributed by atoms with Crippen molar-refractivity contribution in [3.05, 3.63) is 62.7 Å². The molecule has 0 fully saturated rings. The molecule has 2 aromatic rings. The third-order valence-corrected chi connectivity index (χ3v) is 3.34. The number of hydrogen-bond donors (Lipinski definition) is 1. The van der Waals surface area contributed by atoms with Crippen molar-refractivity contribution in [3.8, 4) is 11.5 Å². The molecule has 0 aliphatic carbocycles. The van der Waals surface area contributed by atoms with E-state index in [1.54, 1.807) is 0 Å². The number of hydrogen-bond acceptors (Lipinski definition) is 5. The highest BCUT2D eigenvalue weighted by Gasteiger charge is 2.31. The SMILES string of the molecule is N=CC(=O)c1cc(Oc2ccc(C(F)(F)F)cc2Cl)ccc1[N+](=O)[O-]. The van der Waals surface area contributed by atoms with Crippen LogP contribution in [0, 0.1) is 15.5 Å². The number of Topliss-reactive ketones (excluding diaryl/α,β-unsaturated/α-hetero) is 1. The number of carbonyl (C=O) groups excluding carboxylic acids is 1. The number of nitrogens with one attached hydrogen (secondary N) is 1. The minimum Gasteiger partial charge on any atom is -0.456 e. The molecular weight excluding hydrogens is 365 g/mol. The fraction of sp³-hybridized carbons (Fsp3) is 0.0667. The van der Waals surface area contributed by atoms with Gasteiger partial charge in [-0.2, -0.15) is 13.2 Å². The lowest BCUT2D eigenvalue weighted by Gasteiger charge is -2.11. The number of nitrogens with zero attached hydrogens (tertiary/aromatic N) is 1. The smallest absolute Gasteiger partial charge is 0.416 e. The average Bonchev–Trinajstić information content (AvgIpc) is 2.54. The Bertz CT molecular complexity index is 868. The van der Waals surface area contributed by atoms with E-state index in [-0.39, 0.29) is 22.1 Å². The van der Waals surface area contributed by atoms with Gasteiger partial charge in [-0.15, -0.1) is 0 Å². The highest BCUT2D eigenvalue weighted by atomic mass is 35.5. The molecule has 2 aromatic carbocycles. The second-order valence-electron chi connectivity index (χ2n) is 4.69. The van der Waals surface area contributed by atoms with Gasteiger partial charge in [0.05, 0.1) is 21.7 Å². The summed E-state index contributed by atoms with van der Waals surface area (Å²) in [4.78, 5) is 21.7. The number of halogens is 4. The van der Waals surface area contributed by atoms with Crippen molar-refractivity contribution >= 4 is 29.3 Å². The van der Waals surface area contributed by atoms with Crippen molar-refractivity contribution in [3.63, 3.8) is 0 Å². The van der Waals surface area contributed by atoms with E-state index >= 15 is 0 Å². The van der Waals surface area contributed by atoms with Gasteiger partial charge in [-0.25, -0.2) is 0 Å². The van der Waals surface area contributed by atoms with Crippen LogP contribution in [0.2, 0.25) is 5.02 Å². The average molecular weight is 373 g/mol. The molecule has 0 saturated heterocycles. The highest BCUT2D eigenvalue weighted by molar-refractivity contribution is 6.35. The minimum atomic E-state index is -4.57. The number of ether oxygens (including phenoxy) is 1. The van der Waals surface area contributed by atoms with Crippen LogP contribution >= 0.6 is 11.6 Å². The van der Waals surface area contributed by atoms with Crippen LogP contribution in [0.15, 0.2) is 36.4 Å². The van der Waals surface area contributed by atoms with Crippen molar-refractivity contribution in [1.29, 1.82) is 5.41 Å². The number of nitro groups is 1. The van der Waals surface area contributed by atoms with E-state index in [1.807, 2.05) is 0 Å². The lowest BCUT2D eigenvalue weighted by atomic mass is 10.1. The summed E-state index contributed by atoms with van der Waals surface area (Å²) in [6.45, 7) is 0. The first-order valence-corrected chi connectivity index (χ1v) is 6.89. The normalized spacial score (nSPS) is 11.0. The maximum absolute atomic E-state index is 12.6. The number of rotatable bonds is 5. The van der Waals surface area contributed by atoms with Gasteiger partial charge >= 0.3 is 6.18 Å². The Morgan fingerprint density at radius 3 is 2.44 bits per heavy atom. The molecule has 0 spiro atoms. The first-order chi connectivity index (χ1) is 11.6. The van der Waals surface area contributed by atoms with Gasteiger partial charge in [0.1, 0.15) is 17.1 Å². The van der Waals surface area contributed by atoms with Crippen molar-refractivity contribution in [2.45, 2.75) is 6.18 Å². The van der Waals surface area contributed by atoms with E-state index < -0.39 is 28.1 Å². The molecule has 0 unspecified atom stereocenters. The Labute approximate surface area is 143 Å². The van der Waals surface area contributed by atoms with Crippen LogP contribution in [0.1, 0.15) is 15.9 Å². The number of ketones is 1. The summed E-state index contributed by atoms with van der Waals surface area (Å²) >= 11 is 5.76. The molecule has 25 heavy (non-hydrogen) atoms. The first-order valence-electron chi connectivity index (χ1n) is 6.51. The molecule has 0 aliphatic rings. The second-order valence-corrected chi connectivity index (χ2v) is 5.10. The minimum absolute atomic E-state index is 0.0579. The third kappa shape index (κ3) is 4.13. The molecule has 0 bridgehead atoms. The fourth-order valence-corrected chi connectivity index (χ4v) is 2.12. The summed E-state index contributed by atoms with van der Waals surface area (Å²) in [5.41, 5.74) is -1.88. The van der Waals surface area contributed by atoms with E-state index in [4.69, 9.17) is 21.7 Å². The number of alkyl halides is 3. The molecule has 0 amide bonds. The largest absolute Gasteiger partial charge is 0.456 e. The van der Waals surface area contributed by atoms with Gasteiger partial charge in [-0.1, -0.05) is 11.6 Å². The van der Waals surface area contributed by atoms with Crippen LogP contribution < -0.4 is 4.74 Å². The van der Waals surface area contributed by atoms with E-state index in [0.717, 1.165) is 30.3 Å². The van der Waals surface area contributed by atoms with Crippen molar-refractivity contribution in [2.24, 2.45) is 0 Å². The molecule has 6 nitrogen and oxygen atoms in total. The Balaban J connectivity index is 2.39. The molecule has 0 radical (unpaired) electrons. The number of carbonyl (C=O) groups is 1. The molecule has 0 heterocycles. The van der Waals surface area contributed by atoms with Crippen LogP contribution in [0.5, 0.6) is 11.5 Å². The van der Waals surface area contributed by atoms with Crippen molar-refractivity contribution < 1.29 is 27.6 Å². The summed E-state index contributed by atoms with van der Waals surface area (Å²) in [5, 5.41) is 17.5. The van der Waals surface area contributed by atoms with Gasteiger partial charge < -0.3 is 10.1 Å². The Morgan fingerprint density at radius 1 is 1.24 bits per heavy atom. The monoisotopic (exact) mass is 372 g/mol. The molecule has 2 rings (SSSR count). The maximum Gasteiger partial charge on any atom is 0.416 e. The quantitative estimate of drug-likeness (QED) is 0.350. The highest BCUT2D eigenvalue weighted by Crippen LogP contribution is 2.37. The maximum atomic E-state index is 12.6. The molecular formula is C15H8ClF3N2O4. The summed E-state index contributed by atoms with van der Waals surface area (Å²) in [6.07, 6.45) is -4.17. The third-order valence-electron chi connectivity index (χ3n) is 3.05. The Kier molecular flexibility index (Phi) is 5.07. The lowest BCUT2D eigenvalue weighted by molar-refractivity contribution is -0.385. The topological polar surface area (TPSA) is 93.3 Å². The zero-order valence-corrected chi connectivity index (χ0v) is 12.9. The van der Waals surface area contributed by atoms with E-state index in [1.165, 1.54) is 0 Å². The van der Waals surface area contributed by atoms with Crippen LogP contribution in [0.3, 0.4) is 0 Å². The van der Waals surface area contributed by atoms with Gasteiger partial charge in [0.15, 0.2) is 0 Å². The fourth-order valence-electron chi connectivity index (χ4n) is 1.90. The number of benzene rings is 2. The molecule has 0 aliphatic heterocycles. The van der Waals surface area contributed by atoms with Crippen LogP contribution in [-0.4, -0.2) is 16.9 Å². The van der Waals surface area contributed by atoms with Crippen molar-refractivity contribution in [1.82, 2.24) is 0 Å². The summed E-state index contributed by atoms with van der Waals surface area (Å²) in [5.74, 6) is -1.11. The molecule has 1 N–H and O–H groups in total. The predicted molar refractivity (Wildman–Crippen MR) is 82.7 cm³/mol. The summed E-state index contributed by atoms with van der Waals surface area (Å²) in [7, 11) is 0. The van der Waals surface area contributed by atoms with Gasteiger partial charge in [-0.05, 0) is 30.3 Å². The van der Waals surface area contributed by atoms with E-state index in [2.05, 4.69) is 0 Å². The molecule has 0 atom stereocenters. The predicted octanol–water partition coefficient (Wildman–Crippen LogP) is 4.89. The van der Waals surface area contributed by atoms with Crippen LogP contribution in [0.25, 0.3) is 0 Å². The molecule has 0 saturated carbocycles. The van der Waals surface area contributed by atoms with Crippen LogP contribution in [-0.2, 0) is 6.18 Å². The van der Waals surface area contributed by atoms with Gasteiger partial charge in [0, 0.05) is 6.07 Å². The zero-order valence-electron chi connectivity index (χ0n) is 12.1. The lowest BCUT2D eigenvalue weighted by Crippen LogP contribution is -2.05. The van der Waals surface area contributed by atoms with Crippen molar-refractivity contribution in [2.75, 3.05) is 0 Å². The first kappa shape index (κ1) is 18.4. The number of nitro benzene ring substituents is 1. The second kappa shape index (κ2) is 6.89. The Hall–Kier alpha value is -2.94. The molecule has 130 valence electrons. The molecule has 10 heteroatoms. The van der Waals surface area contributed by atoms with Gasteiger partial charge in [-0.3, -0.25) is 14.9 Å². The van der Waals surface area contributed by atoms with E-state index in [9.17, 15) is 28.1 Å². The molecule has 0 aromatic heterocycles. The summed E-state index contributed by atoms with van der Waals surface area (Å²) < 4.78 is 43.1. The van der Waals surface area contributed by atoms with Gasteiger partial charge in [0.2, 0.25) is 5.78 Å². The van der Waals surface area contributed by atoms with Gasteiger partial charge in [0.25, 0.3) is 5.69 Å². The van der Waals surface area contributed by atoms with E-state index in [0.29, 0.717) is 12.3 Å². The summed E-state index contributed by atoms with van der Waals surface area (Å²) in [6, 6.07) is 5.59. The zero-order chi connectivity index (χ0) is 18.8. The standard InChI is InChI=1S/C15H8ClF3N2O4/c16-11-5-8(15(17,18)19)1-4-14(11)25-9-2-3-12(21(23)24)10(6-9)13(22)7-20/h1-7,20H.